The minimum Gasteiger partial charge on any atom is -0.497 e. The molecule has 0 bridgehead atoms. The SMILES string of the molecule is COc1ccc([C@H](NC(=O)Nc2ccccc2S(C)(=O)=O)C2CC2)cc1. The van der Waals surface area contributed by atoms with E-state index in [1.807, 2.05) is 24.3 Å². The molecule has 0 heterocycles. The van der Waals surface area contributed by atoms with Crippen molar-refractivity contribution in [2.24, 2.45) is 5.92 Å². The molecule has 0 aromatic heterocycles. The van der Waals surface area contributed by atoms with Gasteiger partial charge in [0.1, 0.15) is 5.75 Å². The molecule has 1 saturated carbocycles. The van der Waals surface area contributed by atoms with Crippen LogP contribution in [-0.2, 0) is 9.84 Å². The van der Waals surface area contributed by atoms with Gasteiger partial charge in [-0.15, -0.1) is 0 Å². The minimum absolute atomic E-state index is 0.0996. The number of rotatable bonds is 6. The lowest BCUT2D eigenvalue weighted by atomic mass is 10.0. The van der Waals surface area contributed by atoms with Gasteiger partial charge in [0.05, 0.1) is 23.7 Å². The third-order valence-corrected chi connectivity index (χ3v) is 5.54. The second kappa shape index (κ2) is 7.37. The van der Waals surface area contributed by atoms with Gasteiger partial charge in [-0.25, -0.2) is 13.2 Å². The van der Waals surface area contributed by atoms with Crippen LogP contribution in [0.2, 0.25) is 0 Å². The maximum atomic E-state index is 12.5. The van der Waals surface area contributed by atoms with Crippen LogP contribution in [0, 0.1) is 5.92 Å². The first-order chi connectivity index (χ1) is 12.4. The Kier molecular flexibility index (Phi) is 5.18. The Morgan fingerprint density at radius 3 is 2.35 bits per heavy atom. The van der Waals surface area contributed by atoms with Crippen molar-refractivity contribution < 1.29 is 17.9 Å². The molecule has 7 heteroatoms. The van der Waals surface area contributed by atoms with Gasteiger partial charge in [-0.3, -0.25) is 0 Å². The first-order valence-corrected chi connectivity index (χ1v) is 10.3. The van der Waals surface area contributed by atoms with E-state index >= 15 is 0 Å². The number of para-hydroxylation sites is 1. The van der Waals surface area contributed by atoms with Crippen molar-refractivity contribution in [1.29, 1.82) is 0 Å². The molecular weight excluding hydrogens is 352 g/mol. The molecule has 2 aromatic rings. The standard InChI is InChI=1S/C19H22N2O4S/c1-25-15-11-9-14(10-12-15)18(13-7-8-13)21-19(22)20-16-5-3-4-6-17(16)26(2,23)24/h3-6,9-13,18H,7-8H2,1-2H3,(H2,20,21,22)/t18-/m1/s1. The number of hydrogen-bond donors (Lipinski definition) is 2. The molecule has 2 aromatic carbocycles. The molecule has 0 radical (unpaired) electrons. The van der Waals surface area contributed by atoms with Crippen LogP contribution in [-0.4, -0.2) is 27.8 Å². The molecule has 0 unspecified atom stereocenters. The van der Waals surface area contributed by atoms with Gasteiger partial charge in [0.15, 0.2) is 9.84 Å². The van der Waals surface area contributed by atoms with Gasteiger partial charge in [0.2, 0.25) is 0 Å². The van der Waals surface area contributed by atoms with Gasteiger partial charge in [-0.1, -0.05) is 24.3 Å². The van der Waals surface area contributed by atoms with E-state index < -0.39 is 15.9 Å². The number of hydrogen-bond acceptors (Lipinski definition) is 4. The van der Waals surface area contributed by atoms with E-state index in [0.717, 1.165) is 30.4 Å². The number of methoxy groups -OCH3 is 1. The van der Waals surface area contributed by atoms with Crippen LogP contribution in [0.1, 0.15) is 24.4 Å². The number of ether oxygens (including phenoxy) is 1. The van der Waals surface area contributed by atoms with E-state index in [1.165, 1.54) is 6.07 Å². The minimum atomic E-state index is -3.43. The van der Waals surface area contributed by atoms with Gasteiger partial charge < -0.3 is 15.4 Å². The molecule has 1 aliphatic rings. The monoisotopic (exact) mass is 374 g/mol. The summed E-state index contributed by atoms with van der Waals surface area (Å²) in [5, 5.41) is 5.64. The number of sulfone groups is 1. The number of carbonyl (C=O) groups excluding carboxylic acids is 1. The van der Waals surface area contributed by atoms with Crippen molar-refractivity contribution in [3.8, 4) is 5.75 Å². The number of benzene rings is 2. The molecule has 0 saturated heterocycles. The van der Waals surface area contributed by atoms with E-state index in [4.69, 9.17) is 4.74 Å². The molecule has 1 atom stereocenters. The number of carbonyl (C=O) groups is 1. The molecule has 2 amide bonds. The predicted molar refractivity (Wildman–Crippen MR) is 100 cm³/mol. The lowest BCUT2D eigenvalue weighted by Gasteiger charge is -2.20. The third kappa shape index (κ3) is 4.35. The number of amides is 2. The lowest BCUT2D eigenvalue weighted by Crippen LogP contribution is -2.34. The largest absolute Gasteiger partial charge is 0.497 e. The molecule has 138 valence electrons. The Morgan fingerprint density at radius 1 is 1.12 bits per heavy atom. The lowest BCUT2D eigenvalue weighted by molar-refractivity contribution is 0.247. The first kappa shape index (κ1) is 18.3. The van der Waals surface area contributed by atoms with Gasteiger partial charge in [-0.05, 0) is 48.6 Å². The highest BCUT2D eigenvalue weighted by Crippen LogP contribution is 2.41. The summed E-state index contributed by atoms with van der Waals surface area (Å²) in [6.07, 6.45) is 3.23. The summed E-state index contributed by atoms with van der Waals surface area (Å²) in [4.78, 5) is 12.6. The Labute approximate surface area is 153 Å². The third-order valence-electron chi connectivity index (χ3n) is 4.39. The van der Waals surface area contributed by atoms with E-state index in [1.54, 1.807) is 25.3 Å². The first-order valence-electron chi connectivity index (χ1n) is 8.39. The summed E-state index contributed by atoms with van der Waals surface area (Å²) in [6, 6.07) is 13.4. The predicted octanol–water partition coefficient (Wildman–Crippen LogP) is 3.37. The number of nitrogens with one attached hydrogen (secondary N) is 2. The molecule has 26 heavy (non-hydrogen) atoms. The Morgan fingerprint density at radius 2 is 1.77 bits per heavy atom. The van der Waals surface area contributed by atoms with Gasteiger partial charge in [-0.2, -0.15) is 0 Å². The molecule has 6 nitrogen and oxygen atoms in total. The Bertz CT molecular complexity index is 890. The topological polar surface area (TPSA) is 84.5 Å². The Balaban J connectivity index is 1.75. The molecular formula is C19H22N2O4S. The summed E-state index contributed by atoms with van der Waals surface area (Å²) in [5.74, 6) is 1.15. The highest BCUT2D eigenvalue weighted by molar-refractivity contribution is 7.90. The number of urea groups is 1. The zero-order chi connectivity index (χ0) is 18.7. The van der Waals surface area contributed by atoms with Crippen molar-refractivity contribution in [3.63, 3.8) is 0 Å². The average molecular weight is 374 g/mol. The van der Waals surface area contributed by atoms with Crippen LogP contribution in [0.5, 0.6) is 5.75 Å². The van der Waals surface area contributed by atoms with Crippen LogP contribution in [0.25, 0.3) is 0 Å². The van der Waals surface area contributed by atoms with Gasteiger partial charge in [0, 0.05) is 6.26 Å². The summed E-state index contributed by atoms with van der Waals surface area (Å²) in [5.41, 5.74) is 1.27. The van der Waals surface area contributed by atoms with Crippen molar-refractivity contribution in [2.45, 2.75) is 23.8 Å². The van der Waals surface area contributed by atoms with Crippen molar-refractivity contribution in [3.05, 3.63) is 54.1 Å². The maximum Gasteiger partial charge on any atom is 0.319 e. The van der Waals surface area contributed by atoms with E-state index in [2.05, 4.69) is 10.6 Å². The summed E-state index contributed by atoms with van der Waals surface area (Å²) >= 11 is 0. The molecule has 0 spiro atoms. The van der Waals surface area contributed by atoms with Crippen molar-refractivity contribution in [1.82, 2.24) is 5.32 Å². The summed E-state index contributed by atoms with van der Waals surface area (Å²) in [7, 11) is -1.82. The highest BCUT2D eigenvalue weighted by atomic mass is 32.2. The van der Waals surface area contributed by atoms with Crippen LogP contribution in [0.15, 0.2) is 53.4 Å². The summed E-state index contributed by atoms with van der Waals surface area (Å²) < 4.78 is 28.9. The number of anilines is 1. The van der Waals surface area contributed by atoms with Crippen molar-refractivity contribution in [2.75, 3.05) is 18.7 Å². The van der Waals surface area contributed by atoms with E-state index in [9.17, 15) is 13.2 Å². The average Bonchev–Trinajstić information content (AvgIpc) is 3.44. The zero-order valence-corrected chi connectivity index (χ0v) is 15.5. The van der Waals surface area contributed by atoms with Crippen LogP contribution in [0.3, 0.4) is 0 Å². The highest BCUT2D eigenvalue weighted by Gasteiger charge is 2.33. The van der Waals surface area contributed by atoms with Gasteiger partial charge >= 0.3 is 6.03 Å². The maximum absolute atomic E-state index is 12.5. The van der Waals surface area contributed by atoms with Crippen LogP contribution in [0.4, 0.5) is 10.5 Å². The van der Waals surface area contributed by atoms with Gasteiger partial charge in [0.25, 0.3) is 0 Å². The smallest absolute Gasteiger partial charge is 0.319 e. The molecule has 3 rings (SSSR count). The van der Waals surface area contributed by atoms with Crippen LogP contribution < -0.4 is 15.4 Å². The zero-order valence-electron chi connectivity index (χ0n) is 14.7. The molecule has 0 aliphatic heterocycles. The molecule has 1 fully saturated rings. The molecule has 1 aliphatic carbocycles. The quantitative estimate of drug-likeness (QED) is 0.812. The van der Waals surface area contributed by atoms with Crippen molar-refractivity contribution >= 4 is 21.6 Å². The Hall–Kier alpha value is -2.54. The van der Waals surface area contributed by atoms with E-state index in [0.29, 0.717) is 5.92 Å². The second-order valence-corrected chi connectivity index (χ2v) is 8.44. The molecule has 2 N–H and O–H groups in total. The fraction of sp³-hybridized carbons (Fsp3) is 0.316. The summed E-state index contributed by atoms with van der Waals surface area (Å²) in [6.45, 7) is 0. The fourth-order valence-corrected chi connectivity index (χ4v) is 3.75. The normalized spacial score (nSPS) is 15.2. The van der Waals surface area contributed by atoms with E-state index in [-0.39, 0.29) is 16.6 Å². The van der Waals surface area contributed by atoms with Crippen LogP contribution >= 0.6 is 0 Å². The second-order valence-electron chi connectivity index (χ2n) is 6.46. The fourth-order valence-electron chi connectivity index (χ4n) is 2.91.